The summed E-state index contributed by atoms with van der Waals surface area (Å²) in [6.45, 7) is 6.50. The first-order valence-electron chi connectivity index (χ1n) is 9.35. The summed E-state index contributed by atoms with van der Waals surface area (Å²) in [7, 11) is 0. The number of benzene rings is 3. The van der Waals surface area contributed by atoms with Gasteiger partial charge in [-0.05, 0) is 55.7 Å². The lowest BCUT2D eigenvalue weighted by Gasteiger charge is -2.12. The topological polar surface area (TPSA) is 35.5 Å². The van der Waals surface area contributed by atoms with Crippen LogP contribution in [0.1, 0.15) is 38.2 Å². The minimum Gasteiger partial charge on any atom is -0.488 e. The molecular formula is C25H22O3. The third kappa shape index (κ3) is 3.44. The van der Waals surface area contributed by atoms with Crippen molar-refractivity contribution in [3.05, 3.63) is 99.8 Å². The van der Waals surface area contributed by atoms with Crippen molar-refractivity contribution in [3.63, 3.8) is 0 Å². The second kappa shape index (κ2) is 7.35. The molecule has 1 aliphatic heterocycles. The molecule has 0 saturated heterocycles. The smallest absolute Gasteiger partial charge is 0.231 e. The predicted molar refractivity (Wildman–Crippen MR) is 111 cm³/mol. The van der Waals surface area contributed by atoms with E-state index in [1.807, 2.05) is 56.3 Å². The number of hydrogen-bond acceptors (Lipinski definition) is 3. The van der Waals surface area contributed by atoms with Gasteiger partial charge in [-0.15, -0.1) is 0 Å². The number of aryl methyl sites for hydroxylation is 2. The molecule has 0 aromatic heterocycles. The normalized spacial score (nSPS) is 14.1. The molecule has 3 aromatic rings. The lowest BCUT2D eigenvalue weighted by atomic mass is 10.1. The second-order valence-corrected chi connectivity index (χ2v) is 7.13. The monoisotopic (exact) mass is 370 g/mol. The molecule has 0 bridgehead atoms. The number of rotatable bonds is 4. The molecule has 3 nitrogen and oxygen atoms in total. The number of ether oxygens (including phenoxy) is 2. The van der Waals surface area contributed by atoms with Crippen LogP contribution in [0.5, 0.6) is 11.5 Å². The SMILES string of the molecule is Cc1ccc(/C=C2\Oc3c(ccc(OCc4ccccc4C)c3C)C2=O)cc1. The summed E-state index contributed by atoms with van der Waals surface area (Å²) in [5.41, 5.74) is 5.87. The summed E-state index contributed by atoms with van der Waals surface area (Å²) in [6, 6.07) is 19.8. The van der Waals surface area contributed by atoms with Gasteiger partial charge in [0.25, 0.3) is 0 Å². The van der Waals surface area contributed by atoms with Crippen LogP contribution in [0.15, 0.2) is 66.4 Å². The van der Waals surface area contributed by atoms with Gasteiger partial charge in [0.1, 0.15) is 18.1 Å². The highest BCUT2D eigenvalue weighted by atomic mass is 16.5. The van der Waals surface area contributed by atoms with Crippen molar-refractivity contribution >= 4 is 11.9 Å². The zero-order chi connectivity index (χ0) is 19.7. The molecule has 0 fully saturated rings. The summed E-state index contributed by atoms with van der Waals surface area (Å²) in [5.74, 6) is 1.57. The third-order valence-corrected chi connectivity index (χ3v) is 5.06. The third-order valence-electron chi connectivity index (χ3n) is 5.06. The largest absolute Gasteiger partial charge is 0.488 e. The summed E-state index contributed by atoms with van der Waals surface area (Å²) in [4.78, 5) is 12.7. The molecular weight excluding hydrogens is 348 g/mol. The summed E-state index contributed by atoms with van der Waals surface area (Å²) in [6.07, 6.45) is 1.79. The number of carbonyl (C=O) groups excluding carboxylic acids is 1. The standard InChI is InChI=1S/C25H22O3/c1-16-8-10-19(11-9-16)14-23-24(26)21-12-13-22(18(3)25(21)28-23)27-15-20-7-5-4-6-17(20)2/h4-14H,15H2,1-3H3/b23-14-. The van der Waals surface area contributed by atoms with Gasteiger partial charge in [0.15, 0.2) is 5.76 Å². The maximum absolute atomic E-state index is 12.7. The molecule has 4 rings (SSSR count). The van der Waals surface area contributed by atoms with Crippen molar-refractivity contribution in [1.29, 1.82) is 0 Å². The lowest BCUT2D eigenvalue weighted by molar-refractivity contribution is 0.101. The highest BCUT2D eigenvalue weighted by molar-refractivity contribution is 6.14. The molecule has 0 atom stereocenters. The van der Waals surface area contributed by atoms with Gasteiger partial charge in [0.2, 0.25) is 5.78 Å². The van der Waals surface area contributed by atoms with Gasteiger partial charge in [0, 0.05) is 5.56 Å². The van der Waals surface area contributed by atoms with Gasteiger partial charge in [0.05, 0.1) is 5.56 Å². The van der Waals surface area contributed by atoms with E-state index in [4.69, 9.17) is 9.47 Å². The molecule has 140 valence electrons. The van der Waals surface area contributed by atoms with Crippen LogP contribution in [0.4, 0.5) is 0 Å². The van der Waals surface area contributed by atoms with Crippen molar-refractivity contribution in [2.45, 2.75) is 27.4 Å². The van der Waals surface area contributed by atoms with Gasteiger partial charge < -0.3 is 9.47 Å². The van der Waals surface area contributed by atoms with Crippen molar-refractivity contribution in [2.24, 2.45) is 0 Å². The van der Waals surface area contributed by atoms with E-state index in [9.17, 15) is 4.79 Å². The number of fused-ring (bicyclic) bond motifs is 1. The molecule has 0 saturated carbocycles. The Hall–Kier alpha value is -3.33. The molecule has 3 heteroatoms. The van der Waals surface area contributed by atoms with Crippen molar-refractivity contribution in [3.8, 4) is 11.5 Å². The van der Waals surface area contributed by atoms with Gasteiger partial charge in [-0.1, -0.05) is 54.1 Å². The summed E-state index contributed by atoms with van der Waals surface area (Å²) < 4.78 is 12.0. The number of carbonyl (C=O) groups is 1. The van der Waals surface area contributed by atoms with Crippen LogP contribution in [0.2, 0.25) is 0 Å². The van der Waals surface area contributed by atoms with E-state index in [0.717, 1.165) is 22.4 Å². The number of allylic oxidation sites excluding steroid dienone is 1. The zero-order valence-electron chi connectivity index (χ0n) is 16.3. The first-order valence-corrected chi connectivity index (χ1v) is 9.35. The predicted octanol–water partition coefficient (Wildman–Crippen LogP) is 5.81. The Kier molecular flexibility index (Phi) is 4.74. The summed E-state index contributed by atoms with van der Waals surface area (Å²) in [5, 5.41) is 0. The van der Waals surface area contributed by atoms with Crippen LogP contribution in [0.25, 0.3) is 6.08 Å². The Morgan fingerprint density at radius 2 is 1.68 bits per heavy atom. The average molecular weight is 370 g/mol. The molecule has 28 heavy (non-hydrogen) atoms. The number of ketones is 1. The van der Waals surface area contributed by atoms with Gasteiger partial charge in [-0.3, -0.25) is 4.79 Å². The Balaban J connectivity index is 1.58. The van der Waals surface area contributed by atoms with Gasteiger partial charge >= 0.3 is 0 Å². The Labute approximate surface area is 165 Å². The fraction of sp³-hybridized carbons (Fsp3) is 0.160. The quantitative estimate of drug-likeness (QED) is 0.544. The molecule has 0 amide bonds. The first-order chi connectivity index (χ1) is 13.5. The van der Waals surface area contributed by atoms with Crippen molar-refractivity contribution in [2.75, 3.05) is 0 Å². The molecule has 1 aliphatic rings. The van der Waals surface area contributed by atoms with E-state index in [-0.39, 0.29) is 5.78 Å². The van der Waals surface area contributed by atoms with Crippen LogP contribution in [-0.4, -0.2) is 5.78 Å². The van der Waals surface area contributed by atoms with Crippen LogP contribution < -0.4 is 9.47 Å². The Morgan fingerprint density at radius 3 is 2.43 bits per heavy atom. The Bertz CT molecular complexity index is 1080. The van der Waals surface area contributed by atoms with Gasteiger partial charge in [-0.25, -0.2) is 0 Å². The molecule has 0 aliphatic carbocycles. The van der Waals surface area contributed by atoms with E-state index in [1.54, 1.807) is 12.1 Å². The van der Waals surface area contributed by atoms with E-state index < -0.39 is 0 Å². The molecule has 1 heterocycles. The minimum atomic E-state index is -0.0934. The Morgan fingerprint density at radius 1 is 0.929 bits per heavy atom. The lowest BCUT2D eigenvalue weighted by Crippen LogP contribution is -2.00. The molecule has 0 unspecified atom stereocenters. The maximum atomic E-state index is 12.7. The van der Waals surface area contributed by atoms with Crippen molar-refractivity contribution in [1.82, 2.24) is 0 Å². The zero-order valence-corrected chi connectivity index (χ0v) is 16.3. The maximum Gasteiger partial charge on any atom is 0.231 e. The molecule has 0 N–H and O–H groups in total. The highest BCUT2D eigenvalue weighted by Crippen LogP contribution is 2.39. The fourth-order valence-electron chi connectivity index (χ4n) is 3.27. The molecule has 0 spiro atoms. The van der Waals surface area contributed by atoms with Gasteiger partial charge in [-0.2, -0.15) is 0 Å². The van der Waals surface area contributed by atoms with Crippen molar-refractivity contribution < 1.29 is 14.3 Å². The second-order valence-electron chi connectivity index (χ2n) is 7.13. The van der Waals surface area contributed by atoms with E-state index in [0.29, 0.717) is 23.7 Å². The van der Waals surface area contributed by atoms with E-state index in [2.05, 4.69) is 19.1 Å². The van der Waals surface area contributed by atoms with Crippen LogP contribution >= 0.6 is 0 Å². The average Bonchev–Trinajstić information content (AvgIpc) is 3.01. The van der Waals surface area contributed by atoms with Crippen LogP contribution in [0.3, 0.4) is 0 Å². The molecule has 3 aromatic carbocycles. The van der Waals surface area contributed by atoms with Crippen LogP contribution in [0, 0.1) is 20.8 Å². The first kappa shape index (κ1) is 18.1. The molecule has 0 radical (unpaired) electrons. The van der Waals surface area contributed by atoms with E-state index >= 15 is 0 Å². The van der Waals surface area contributed by atoms with E-state index in [1.165, 1.54) is 11.1 Å². The fourth-order valence-corrected chi connectivity index (χ4v) is 3.27. The summed E-state index contributed by atoms with van der Waals surface area (Å²) >= 11 is 0. The highest BCUT2D eigenvalue weighted by Gasteiger charge is 2.30. The minimum absolute atomic E-state index is 0.0934. The number of hydrogen-bond donors (Lipinski definition) is 0. The number of Topliss-reactive ketones (excluding diaryl/α,β-unsaturated/α-hetero) is 1. The van der Waals surface area contributed by atoms with Crippen LogP contribution in [-0.2, 0) is 6.61 Å².